The Labute approximate surface area is 111 Å². The van der Waals surface area contributed by atoms with Crippen molar-refractivity contribution in [2.45, 2.75) is 13.8 Å². The molecule has 1 rings (SSSR count). The summed E-state index contributed by atoms with van der Waals surface area (Å²) in [6.45, 7) is 5.28. The Morgan fingerprint density at radius 1 is 1.29 bits per heavy atom. The van der Waals surface area contributed by atoms with Crippen molar-refractivity contribution in [2.75, 3.05) is 18.4 Å². The van der Waals surface area contributed by atoms with Crippen LogP contribution in [0.3, 0.4) is 0 Å². The van der Waals surface area contributed by atoms with Crippen LogP contribution in [0.4, 0.5) is 5.69 Å². The van der Waals surface area contributed by atoms with Gasteiger partial charge in [0.25, 0.3) is 0 Å². The second kappa shape index (κ2) is 6.84. The Hall–Kier alpha value is -0.770. The highest BCUT2D eigenvalue weighted by atomic mass is 35.5. The van der Waals surface area contributed by atoms with E-state index in [0.29, 0.717) is 28.2 Å². The summed E-state index contributed by atoms with van der Waals surface area (Å²) in [5, 5.41) is 6.70. The Kier molecular flexibility index (Phi) is 5.75. The molecule has 0 unspecified atom stereocenters. The summed E-state index contributed by atoms with van der Waals surface area (Å²) in [6.07, 6.45) is 0. The van der Waals surface area contributed by atoms with E-state index in [1.54, 1.807) is 18.2 Å². The van der Waals surface area contributed by atoms with Gasteiger partial charge in [0.05, 0.1) is 16.6 Å². The fraction of sp³-hybridized carbons (Fsp3) is 0.417. The van der Waals surface area contributed by atoms with Gasteiger partial charge in [-0.1, -0.05) is 37.0 Å². The third kappa shape index (κ3) is 5.39. The quantitative estimate of drug-likeness (QED) is 0.866. The highest BCUT2D eigenvalue weighted by Crippen LogP contribution is 2.24. The molecule has 0 saturated carbocycles. The van der Waals surface area contributed by atoms with E-state index in [-0.39, 0.29) is 5.91 Å². The smallest absolute Gasteiger partial charge is 0.238 e. The Balaban J connectivity index is 2.42. The first-order valence-electron chi connectivity index (χ1n) is 5.44. The lowest BCUT2D eigenvalue weighted by Crippen LogP contribution is -2.30. The van der Waals surface area contributed by atoms with Crippen LogP contribution in [0.5, 0.6) is 0 Å². The van der Waals surface area contributed by atoms with Crippen molar-refractivity contribution >= 4 is 34.8 Å². The van der Waals surface area contributed by atoms with Gasteiger partial charge < -0.3 is 10.6 Å². The summed E-state index contributed by atoms with van der Waals surface area (Å²) in [7, 11) is 0. The first-order valence-corrected chi connectivity index (χ1v) is 6.20. The fourth-order valence-electron chi connectivity index (χ4n) is 1.25. The van der Waals surface area contributed by atoms with Crippen molar-refractivity contribution in [1.29, 1.82) is 0 Å². The normalized spacial score (nSPS) is 10.6. The van der Waals surface area contributed by atoms with Crippen molar-refractivity contribution in [3.63, 3.8) is 0 Å². The van der Waals surface area contributed by atoms with E-state index in [1.807, 2.05) is 0 Å². The molecule has 2 N–H and O–H groups in total. The third-order valence-corrected chi connectivity index (χ3v) is 2.78. The molecule has 17 heavy (non-hydrogen) atoms. The molecule has 1 aromatic rings. The maximum absolute atomic E-state index is 11.5. The maximum Gasteiger partial charge on any atom is 0.238 e. The molecule has 0 atom stereocenters. The third-order valence-electron chi connectivity index (χ3n) is 2.04. The molecule has 5 heteroatoms. The molecule has 3 nitrogen and oxygen atoms in total. The highest BCUT2D eigenvalue weighted by molar-refractivity contribution is 6.42. The van der Waals surface area contributed by atoms with E-state index < -0.39 is 0 Å². The number of carbonyl (C=O) groups is 1. The molecule has 0 heterocycles. The molecule has 1 amide bonds. The summed E-state index contributed by atoms with van der Waals surface area (Å²) >= 11 is 11.6. The Morgan fingerprint density at radius 2 is 2.00 bits per heavy atom. The molecule has 0 aromatic heterocycles. The minimum absolute atomic E-state index is 0.0935. The molecule has 0 saturated heterocycles. The van der Waals surface area contributed by atoms with Crippen LogP contribution < -0.4 is 10.6 Å². The van der Waals surface area contributed by atoms with E-state index in [0.717, 1.165) is 6.54 Å². The van der Waals surface area contributed by atoms with Crippen molar-refractivity contribution in [3.05, 3.63) is 28.2 Å². The van der Waals surface area contributed by atoms with Crippen LogP contribution in [0.1, 0.15) is 13.8 Å². The van der Waals surface area contributed by atoms with Gasteiger partial charge in [-0.15, -0.1) is 0 Å². The summed E-state index contributed by atoms with van der Waals surface area (Å²) in [6, 6.07) is 5.00. The van der Waals surface area contributed by atoms with E-state index in [1.165, 1.54) is 0 Å². The lowest BCUT2D eigenvalue weighted by atomic mass is 10.2. The predicted octanol–water partition coefficient (Wildman–Crippen LogP) is 3.18. The van der Waals surface area contributed by atoms with Crippen molar-refractivity contribution in [3.8, 4) is 0 Å². The second-order valence-corrected chi connectivity index (χ2v) is 5.02. The molecular weight excluding hydrogens is 259 g/mol. The van der Waals surface area contributed by atoms with Gasteiger partial charge in [-0.05, 0) is 30.7 Å². The number of hydrogen-bond acceptors (Lipinski definition) is 2. The van der Waals surface area contributed by atoms with Gasteiger partial charge in [0.15, 0.2) is 0 Å². The lowest BCUT2D eigenvalue weighted by molar-refractivity contribution is -0.115. The van der Waals surface area contributed by atoms with Crippen LogP contribution in [-0.2, 0) is 4.79 Å². The molecule has 0 aliphatic heterocycles. The van der Waals surface area contributed by atoms with E-state index in [4.69, 9.17) is 23.2 Å². The van der Waals surface area contributed by atoms with E-state index in [9.17, 15) is 4.79 Å². The number of hydrogen-bond donors (Lipinski definition) is 2. The maximum atomic E-state index is 11.5. The average Bonchev–Trinajstić information content (AvgIpc) is 2.23. The van der Waals surface area contributed by atoms with Crippen LogP contribution in [0.2, 0.25) is 10.0 Å². The van der Waals surface area contributed by atoms with Gasteiger partial charge in [0.1, 0.15) is 0 Å². The van der Waals surface area contributed by atoms with Crippen LogP contribution in [-0.4, -0.2) is 19.0 Å². The predicted molar refractivity (Wildman–Crippen MR) is 72.8 cm³/mol. The number of rotatable bonds is 5. The molecular formula is C12H16Cl2N2O. The molecule has 0 radical (unpaired) electrons. The molecule has 0 aliphatic carbocycles. The summed E-state index contributed by atoms with van der Waals surface area (Å²) in [5.41, 5.74) is 0.649. The van der Waals surface area contributed by atoms with Gasteiger partial charge in [-0.25, -0.2) is 0 Å². The van der Waals surface area contributed by atoms with Gasteiger partial charge in [0.2, 0.25) is 5.91 Å². The summed E-state index contributed by atoms with van der Waals surface area (Å²) in [5.74, 6) is 0.428. The average molecular weight is 275 g/mol. The van der Waals surface area contributed by atoms with Gasteiger partial charge in [-0.3, -0.25) is 4.79 Å². The molecule has 1 aromatic carbocycles. The van der Waals surface area contributed by atoms with Crippen LogP contribution in [0.25, 0.3) is 0 Å². The van der Waals surface area contributed by atoms with E-state index in [2.05, 4.69) is 24.5 Å². The number of halogens is 2. The number of anilines is 1. The number of amides is 1. The molecule has 94 valence electrons. The minimum Gasteiger partial charge on any atom is -0.325 e. The molecule has 0 spiro atoms. The van der Waals surface area contributed by atoms with Crippen molar-refractivity contribution < 1.29 is 4.79 Å². The zero-order valence-electron chi connectivity index (χ0n) is 9.89. The number of nitrogens with one attached hydrogen (secondary N) is 2. The fourth-order valence-corrected chi connectivity index (χ4v) is 1.55. The Morgan fingerprint density at radius 3 is 2.59 bits per heavy atom. The highest BCUT2D eigenvalue weighted by Gasteiger charge is 2.04. The summed E-state index contributed by atoms with van der Waals surface area (Å²) in [4.78, 5) is 11.5. The van der Waals surface area contributed by atoms with Crippen molar-refractivity contribution in [2.24, 2.45) is 5.92 Å². The Bertz CT molecular complexity index is 394. The monoisotopic (exact) mass is 274 g/mol. The standard InChI is InChI=1S/C12H16Cl2N2O/c1-8(2)6-15-7-12(17)16-9-3-4-10(13)11(14)5-9/h3-5,8,15H,6-7H2,1-2H3,(H,16,17). The largest absolute Gasteiger partial charge is 0.325 e. The van der Waals surface area contributed by atoms with Crippen molar-refractivity contribution in [1.82, 2.24) is 5.32 Å². The first-order chi connectivity index (χ1) is 7.99. The van der Waals surface area contributed by atoms with Crippen LogP contribution >= 0.6 is 23.2 Å². The topological polar surface area (TPSA) is 41.1 Å². The van der Waals surface area contributed by atoms with Gasteiger partial charge in [-0.2, -0.15) is 0 Å². The minimum atomic E-state index is -0.0935. The van der Waals surface area contributed by atoms with Crippen LogP contribution in [0.15, 0.2) is 18.2 Å². The first kappa shape index (κ1) is 14.3. The number of carbonyl (C=O) groups excluding carboxylic acids is 1. The molecule has 0 aliphatic rings. The zero-order chi connectivity index (χ0) is 12.8. The second-order valence-electron chi connectivity index (χ2n) is 4.20. The van der Waals surface area contributed by atoms with Gasteiger partial charge in [0, 0.05) is 5.69 Å². The summed E-state index contributed by atoms with van der Waals surface area (Å²) < 4.78 is 0. The van der Waals surface area contributed by atoms with E-state index >= 15 is 0 Å². The van der Waals surface area contributed by atoms with Crippen LogP contribution in [0, 0.1) is 5.92 Å². The van der Waals surface area contributed by atoms with Gasteiger partial charge >= 0.3 is 0 Å². The number of benzene rings is 1. The zero-order valence-corrected chi connectivity index (χ0v) is 11.4. The SMILES string of the molecule is CC(C)CNCC(=O)Nc1ccc(Cl)c(Cl)c1. The lowest BCUT2D eigenvalue weighted by Gasteiger charge is -2.08. The molecule has 0 bridgehead atoms. The molecule has 0 fully saturated rings.